The van der Waals surface area contributed by atoms with Gasteiger partial charge in [-0.2, -0.15) is 0 Å². The van der Waals surface area contributed by atoms with Crippen molar-refractivity contribution in [2.45, 2.75) is 74.1 Å². The Kier molecular flexibility index (Phi) is 16.8. The third-order valence-corrected chi connectivity index (χ3v) is 2.69. The van der Waals surface area contributed by atoms with Crippen molar-refractivity contribution in [2.24, 2.45) is 0 Å². The van der Waals surface area contributed by atoms with Crippen molar-refractivity contribution in [3.05, 3.63) is 35.4 Å². The number of carbonyl (C=O) groups excluding carboxylic acids is 1. The molecule has 0 bridgehead atoms. The van der Waals surface area contributed by atoms with E-state index in [1.807, 2.05) is 49.9 Å². The van der Waals surface area contributed by atoms with Crippen molar-refractivity contribution in [3.8, 4) is 0 Å². The Bertz CT molecular complexity index is 348. The lowest BCUT2D eigenvalue weighted by Crippen LogP contribution is -2.27. The first-order valence-corrected chi connectivity index (χ1v) is 8.96. The number of aryl methyl sites for hydroxylation is 1. The average molecular weight is 308 g/mol. The fraction of sp³-hybridized carbons (Fsp3) is 0.650. The lowest BCUT2D eigenvalue weighted by Gasteiger charge is -2.14. The van der Waals surface area contributed by atoms with Crippen LogP contribution in [0.25, 0.3) is 0 Å². The molecule has 0 spiro atoms. The summed E-state index contributed by atoms with van der Waals surface area (Å²) < 4.78 is 0. The fourth-order valence-corrected chi connectivity index (χ4v) is 1.80. The lowest BCUT2D eigenvalue weighted by molar-refractivity contribution is 0.0793. The maximum Gasteiger partial charge on any atom is 0.253 e. The standard InChI is InChI=1S/C12H15NO.2C3H8.C2H6/c1-10-4-6-11(7-5-10)12(14)13-8-2-3-9-13;2*1-3-2;1-2/h4-7H,2-3,8-9H2,1H3;2*3H2,1-2H3;1-2H3. The summed E-state index contributed by atoms with van der Waals surface area (Å²) in [7, 11) is 0. The second-order valence-corrected chi connectivity index (χ2v) is 5.28. The summed E-state index contributed by atoms with van der Waals surface area (Å²) in [5, 5.41) is 0. The Morgan fingerprint density at radius 1 is 0.909 bits per heavy atom. The zero-order valence-electron chi connectivity index (χ0n) is 15.9. The number of likely N-dealkylation sites (tertiary alicyclic amines) is 1. The van der Waals surface area contributed by atoms with Gasteiger partial charge in [0.25, 0.3) is 5.91 Å². The molecule has 1 aromatic rings. The third kappa shape index (κ3) is 10.4. The predicted octanol–water partition coefficient (Wildman–Crippen LogP) is 6.09. The first kappa shape index (κ1) is 23.0. The Labute approximate surface area is 138 Å². The van der Waals surface area contributed by atoms with Crippen LogP contribution in [-0.4, -0.2) is 23.9 Å². The van der Waals surface area contributed by atoms with Crippen LogP contribution in [0.15, 0.2) is 24.3 Å². The molecule has 1 fully saturated rings. The molecule has 0 aromatic heterocycles. The SMILES string of the molecule is CC.CCC.CCC.Cc1ccc(C(=O)N2CCCC2)cc1. The van der Waals surface area contributed by atoms with Gasteiger partial charge in [-0.05, 0) is 31.9 Å². The molecule has 1 amide bonds. The average Bonchev–Trinajstić information content (AvgIpc) is 3.05. The summed E-state index contributed by atoms with van der Waals surface area (Å²) in [6, 6.07) is 7.80. The van der Waals surface area contributed by atoms with Crippen LogP contribution in [-0.2, 0) is 0 Å². The van der Waals surface area contributed by atoms with Crippen molar-refractivity contribution in [1.29, 1.82) is 0 Å². The molecule has 2 rings (SSSR count). The highest BCUT2D eigenvalue weighted by molar-refractivity contribution is 5.94. The maximum atomic E-state index is 11.9. The van der Waals surface area contributed by atoms with Gasteiger partial charge >= 0.3 is 0 Å². The number of rotatable bonds is 1. The van der Waals surface area contributed by atoms with Gasteiger partial charge in [-0.1, -0.05) is 72.1 Å². The quantitative estimate of drug-likeness (QED) is 0.614. The van der Waals surface area contributed by atoms with Gasteiger partial charge in [0.2, 0.25) is 0 Å². The van der Waals surface area contributed by atoms with Crippen LogP contribution in [0.5, 0.6) is 0 Å². The van der Waals surface area contributed by atoms with Crippen molar-refractivity contribution in [1.82, 2.24) is 4.90 Å². The summed E-state index contributed by atoms with van der Waals surface area (Å²) in [5.74, 6) is 0.183. The van der Waals surface area contributed by atoms with E-state index >= 15 is 0 Å². The van der Waals surface area contributed by atoms with Gasteiger partial charge in [-0.15, -0.1) is 0 Å². The van der Waals surface area contributed by atoms with Gasteiger partial charge in [0.15, 0.2) is 0 Å². The predicted molar refractivity (Wildman–Crippen MR) is 99.6 cm³/mol. The van der Waals surface area contributed by atoms with Crippen LogP contribution in [0.4, 0.5) is 0 Å². The highest BCUT2D eigenvalue weighted by Crippen LogP contribution is 2.13. The van der Waals surface area contributed by atoms with E-state index in [1.54, 1.807) is 0 Å². The first-order valence-electron chi connectivity index (χ1n) is 8.96. The van der Waals surface area contributed by atoms with Crippen molar-refractivity contribution < 1.29 is 4.79 Å². The molecule has 128 valence electrons. The van der Waals surface area contributed by atoms with E-state index in [0.29, 0.717) is 0 Å². The van der Waals surface area contributed by atoms with Crippen molar-refractivity contribution >= 4 is 5.91 Å². The molecular formula is C20H37NO. The molecule has 22 heavy (non-hydrogen) atoms. The van der Waals surface area contributed by atoms with Crippen LogP contribution >= 0.6 is 0 Å². The minimum absolute atomic E-state index is 0.183. The minimum Gasteiger partial charge on any atom is -0.339 e. The highest BCUT2D eigenvalue weighted by Gasteiger charge is 2.18. The molecule has 1 aliphatic heterocycles. The summed E-state index contributed by atoms with van der Waals surface area (Å²) in [4.78, 5) is 13.8. The number of amides is 1. The Hall–Kier alpha value is -1.31. The summed E-state index contributed by atoms with van der Waals surface area (Å²) >= 11 is 0. The molecule has 1 aliphatic rings. The van der Waals surface area contributed by atoms with Gasteiger partial charge in [-0.25, -0.2) is 0 Å². The van der Waals surface area contributed by atoms with Crippen LogP contribution < -0.4 is 0 Å². The number of carbonyl (C=O) groups is 1. The second kappa shape index (κ2) is 16.1. The van der Waals surface area contributed by atoms with Gasteiger partial charge in [0.1, 0.15) is 0 Å². The van der Waals surface area contributed by atoms with Crippen LogP contribution in [0, 0.1) is 6.92 Å². The van der Waals surface area contributed by atoms with Gasteiger partial charge in [0, 0.05) is 18.7 Å². The van der Waals surface area contributed by atoms with Gasteiger partial charge in [-0.3, -0.25) is 4.79 Å². The largest absolute Gasteiger partial charge is 0.339 e. The summed E-state index contributed by atoms with van der Waals surface area (Å²) in [6.45, 7) is 16.4. The molecule has 0 aliphatic carbocycles. The van der Waals surface area contributed by atoms with E-state index in [4.69, 9.17) is 0 Å². The van der Waals surface area contributed by atoms with E-state index in [9.17, 15) is 4.79 Å². The minimum atomic E-state index is 0.183. The molecule has 0 unspecified atom stereocenters. The first-order chi connectivity index (χ1) is 10.6. The van der Waals surface area contributed by atoms with Gasteiger partial charge < -0.3 is 4.90 Å². The summed E-state index contributed by atoms with van der Waals surface area (Å²) in [5.41, 5.74) is 2.01. The number of hydrogen-bond donors (Lipinski definition) is 0. The van der Waals surface area contributed by atoms with E-state index in [0.717, 1.165) is 31.5 Å². The van der Waals surface area contributed by atoms with Crippen LogP contribution in [0.3, 0.4) is 0 Å². The molecule has 0 saturated carbocycles. The Balaban J connectivity index is 0. The number of hydrogen-bond acceptors (Lipinski definition) is 1. The smallest absolute Gasteiger partial charge is 0.253 e. The third-order valence-electron chi connectivity index (χ3n) is 2.69. The van der Waals surface area contributed by atoms with E-state index in [-0.39, 0.29) is 5.91 Å². The zero-order chi connectivity index (χ0) is 17.4. The summed E-state index contributed by atoms with van der Waals surface area (Å²) in [6.07, 6.45) is 4.80. The maximum absolute atomic E-state index is 11.9. The molecule has 0 radical (unpaired) electrons. The van der Waals surface area contributed by atoms with Crippen molar-refractivity contribution in [2.75, 3.05) is 13.1 Å². The highest BCUT2D eigenvalue weighted by atomic mass is 16.2. The molecule has 1 heterocycles. The number of nitrogens with zero attached hydrogens (tertiary/aromatic N) is 1. The molecular weight excluding hydrogens is 270 g/mol. The molecule has 2 heteroatoms. The van der Waals surface area contributed by atoms with Crippen molar-refractivity contribution in [3.63, 3.8) is 0 Å². The fourth-order valence-electron chi connectivity index (χ4n) is 1.80. The second-order valence-electron chi connectivity index (χ2n) is 5.28. The molecule has 1 aromatic carbocycles. The van der Waals surface area contributed by atoms with Crippen LogP contribution in [0.1, 0.15) is 83.1 Å². The Morgan fingerprint density at radius 2 is 1.27 bits per heavy atom. The van der Waals surface area contributed by atoms with Crippen LogP contribution in [0.2, 0.25) is 0 Å². The van der Waals surface area contributed by atoms with E-state index in [2.05, 4.69) is 27.7 Å². The van der Waals surface area contributed by atoms with E-state index < -0.39 is 0 Å². The van der Waals surface area contributed by atoms with Gasteiger partial charge in [0.05, 0.1) is 0 Å². The monoisotopic (exact) mass is 307 g/mol. The zero-order valence-corrected chi connectivity index (χ0v) is 15.9. The molecule has 2 nitrogen and oxygen atoms in total. The lowest BCUT2D eigenvalue weighted by atomic mass is 10.1. The van der Waals surface area contributed by atoms with E-state index in [1.165, 1.54) is 18.4 Å². The molecule has 0 N–H and O–H groups in total. The Morgan fingerprint density at radius 3 is 1.64 bits per heavy atom. The molecule has 0 atom stereocenters. The molecule has 1 saturated heterocycles. The topological polar surface area (TPSA) is 20.3 Å². The number of benzene rings is 1. The normalized spacial score (nSPS) is 12.0.